The summed E-state index contributed by atoms with van der Waals surface area (Å²) < 4.78 is 12.8. The average molecular weight is 196 g/mol. The number of hydrogen-bond donors (Lipinski definition) is 1. The molecule has 14 heavy (non-hydrogen) atoms. The van der Waals surface area contributed by atoms with Crippen LogP contribution in [0.1, 0.15) is 27.2 Å². The van der Waals surface area contributed by atoms with Gasteiger partial charge in [-0.2, -0.15) is 0 Å². The first kappa shape index (κ1) is 11.0. The van der Waals surface area contributed by atoms with Crippen LogP contribution in [0.15, 0.2) is 18.5 Å². The lowest BCUT2D eigenvalue weighted by Crippen LogP contribution is -2.17. The number of halogens is 1. The first-order valence-corrected chi connectivity index (χ1v) is 4.95. The molecular formula is C11H17FN2. The molecule has 0 spiro atoms. The summed E-state index contributed by atoms with van der Waals surface area (Å²) in [5.41, 5.74) is 0.748. The topological polar surface area (TPSA) is 24.9 Å². The molecule has 2 nitrogen and oxygen atoms in total. The molecule has 78 valence electrons. The summed E-state index contributed by atoms with van der Waals surface area (Å²) in [7, 11) is 0. The number of nitrogens with one attached hydrogen (secondary N) is 1. The van der Waals surface area contributed by atoms with Crippen LogP contribution in [0.4, 0.5) is 10.1 Å². The van der Waals surface area contributed by atoms with Gasteiger partial charge in [0.1, 0.15) is 5.82 Å². The molecule has 1 N–H and O–H groups in total. The Kier molecular flexibility index (Phi) is 3.86. The first-order valence-electron chi connectivity index (χ1n) is 4.95. The van der Waals surface area contributed by atoms with Gasteiger partial charge in [-0.25, -0.2) is 4.39 Å². The Bertz CT molecular complexity index is 286. The molecule has 0 radical (unpaired) electrons. The third-order valence-corrected chi connectivity index (χ3v) is 1.94. The fraction of sp³-hybridized carbons (Fsp3) is 0.545. The van der Waals surface area contributed by atoms with E-state index in [2.05, 4.69) is 31.1 Å². The Morgan fingerprint density at radius 2 is 2.07 bits per heavy atom. The second-order valence-corrected chi connectivity index (χ2v) is 4.07. The van der Waals surface area contributed by atoms with Gasteiger partial charge in [-0.3, -0.25) is 4.98 Å². The lowest BCUT2D eigenvalue weighted by Gasteiger charge is -2.16. The van der Waals surface area contributed by atoms with Crippen LogP contribution in [0, 0.1) is 11.7 Å². The predicted molar refractivity (Wildman–Crippen MR) is 56.7 cm³/mol. The van der Waals surface area contributed by atoms with Crippen LogP contribution in [-0.4, -0.2) is 11.0 Å². The van der Waals surface area contributed by atoms with Crippen LogP contribution in [0.2, 0.25) is 0 Å². The zero-order chi connectivity index (χ0) is 10.6. The molecule has 1 unspecified atom stereocenters. The Labute approximate surface area is 84.6 Å². The van der Waals surface area contributed by atoms with Crippen LogP contribution in [0.25, 0.3) is 0 Å². The van der Waals surface area contributed by atoms with Gasteiger partial charge < -0.3 is 5.32 Å². The SMILES string of the molecule is CC(C)CC(C)Nc1cncc(F)c1. The zero-order valence-corrected chi connectivity index (χ0v) is 8.92. The first-order chi connectivity index (χ1) is 6.58. The van der Waals surface area contributed by atoms with E-state index in [0.717, 1.165) is 12.1 Å². The van der Waals surface area contributed by atoms with Crippen molar-refractivity contribution in [2.45, 2.75) is 33.2 Å². The Hall–Kier alpha value is -1.12. The largest absolute Gasteiger partial charge is 0.381 e. The van der Waals surface area contributed by atoms with Gasteiger partial charge in [0.05, 0.1) is 18.1 Å². The highest BCUT2D eigenvalue weighted by Gasteiger charge is 2.05. The lowest BCUT2D eigenvalue weighted by atomic mass is 10.1. The minimum absolute atomic E-state index is 0.299. The van der Waals surface area contributed by atoms with Gasteiger partial charge in [0.2, 0.25) is 0 Å². The zero-order valence-electron chi connectivity index (χ0n) is 8.92. The molecule has 1 atom stereocenters. The number of hydrogen-bond acceptors (Lipinski definition) is 2. The standard InChI is InChI=1S/C11H17FN2/c1-8(2)4-9(3)14-11-5-10(12)6-13-7-11/h5-9,14H,4H2,1-3H3. The summed E-state index contributed by atoms with van der Waals surface area (Å²) >= 11 is 0. The second-order valence-electron chi connectivity index (χ2n) is 4.07. The highest BCUT2D eigenvalue weighted by molar-refractivity contribution is 5.40. The van der Waals surface area contributed by atoms with Gasteiger partial charge in [0.25, 0.3) is 0 Å². The molecule has 1 heterocycles. The summed E-state index contributed by atoms with van der Waals surface area (Å²) in [6.45, 7) is 6.43. The molecule has 3 heteroatoms. The normalized spacial score (nSPS) is 12.9. The summed E-state index contributed by atoms with van der Waals surface area (Å²) in [4.78, 5) is 3.78. The number of pyridine rings is 1. The fourth-order valence-corrected chi connectivity index (χ4v) is 1.54. The van der Waals surface area contributed by atoms with E-state index in [1.54, 1.807) is 6.20 Å². The molecule has 0 fully saturated rings. The highest BCUT2D eigenvalue weighted by Crippen LogP contribution is 2.12. The van der Waals surface area contributed by atoms with E-state index in [1.165, 1.54) is 12.3 Å². The molecule has 0 amide bonds. The van der Waals surface area contributed by atoms with Crippen LogP contribution in [-0.2, 0) is 0 Å². The van der Waals surface area contributed by atoms with E-state index in [-0.39, 0.29) is 5.82 Å². The lowest BCUT2D eigenvalue weighted by molar-refractivity contribution is 0.539. The van der Waals surface area contributed by atoms with Gasteiger partial charge in [0.15, 0.2) is 0 Å². The van der Waals surface area contributed by atoms with Crippen LogP contribution in [0.3, 0.4) is 0 Å². The van der Waals surface area contributed by atoms with Gasteiger partial charge in [0, 0.05) is 12.1 Å². The van der Waals surface area contributed by atoms with E-state index in [0.29, 0.717) is 12.0 Å². The maximum absolute atomic E-state index is 12.8. The monoisotopic (exact) mass is 196 g/mol. The summed E-state index contributed by atoms with van der Waals surface area (Å²) in [5, 5.41) is 3.21. The van der Waals surface area contributed by atoms with Crippen molar-refractivity contribution in [1.29, 1.82) is 0 Å². The van der Waals surface area contributed by atoms with Gasteiger partial charge in [-0.15, -0.1) is 0 Å². The molecule has 0 aliphatic carbocycles. The minimum atomic E-state index is -0.299. The van der Waals surface area contributed by atoms with Crippen LogP contribution < -0.4 is 5.32 Å². The molecule has 0 saturated carbocycles. The van der Waals surface area contributed by atoms with Crippen molar-refractivity contribution in [1.82, 2.24) is 4.98 Å². The number of rotatable bonds is 4. The maximum atomic E-state index is 12.8. The molecule has 1 aromatic rings. The van der Waals surface area contributed by atoms with Crippen molar-refractivity contribution in [2.24, 2.45) is 5.92 Å². The van der Waals surface area contributed by atoms with E-state index in [4.69, 9.17) is 0 Å². The van der Waals surface area contributed by atoms with Crippen molar-refractivity contribution in [3.05, 3.63) is 24.3 Å². The van der Waals surface area contributed by atoms with Crippen molar-refractivity contribution in [3.8, 4) is 0 Å². The maximum Gasteiger partial charge on any atom is 0.143 e. The summed E-state index contributed by atoms with van der Waals surface area (Å²) in [6.07, 6.45) is 3.91. The van der Waals surface area contributed by atoms with E-state index in [1.807, 2.05) is 0 Å². The van der Waals surface area contributed by atoms with E-state index in [9.17, 15) is 4.39 Å². The molecule has 1 rings (SSSR count). The molecule has 0 aliphatic rings. The van der Waals surface area contributed by atoms with Crippen LogP contribution in [0.5, 0.6) is 0 Å². The predicted octanol–water partition coefficient (Wildman–Crippen LogP) is 3.07. The van der Waals surface area contributed by atoms with Crippen LogP contribution >= 0.6 is 0 Å². The average Bonchev–Trinajstić information content (AvgIpc) is 2.01. The van der Waals surface area contributed by atoms with Crippen molar-refractivity contribution >= 4 is 5.69 Å². The third-order valence-electron chi connectivity index (χ3n) is 1.94. The Morgan fingerprint density at radius 1 is 1.36 bits per heavy atom. The molecular weight excluding hydrogens is 179 g/mol. The molecule has 0 bridgehead atoms. The summed E-state index contributed by atoms with van der Waals surface area (Å²) in [6, 6.07) is 1.81. The quantitative estimate of drug-likeness (QED) is 0.800. The van der Waals surface area contributed by atoms with Crippen molar-refractivity contribution in [2.75, 3.05) is 5.32 Å². The van der Waals surface area contributed by atoms with Gasteiger partial charge in [-0.1, -0.05) is 13.8 Å². The molecule has 0 aliphatic heterocycles. The van der Waals surface area contributed by atoms with Gasteiger partial charge in [-0.05, 0) is 19.3 Å². The van der Waals surface area contributed by atoms with E-state index < -0.39 is 0 Å². The van der Waals surface area contributed by atoms with E-state index >= 15 is 0 Å². The number of nitrogens with zero attached hydrogens (tertiary/aromatic N) is 1. The number of anilines is 1. The minimum Gasteiger partial charge on any atom is -0.381 e. The Balaban J connectivity index is 2.51. The summed E-state index contributed by atoms with van der Waals surface area (Å²) in [5.74, 6) is 0.339. The molecule has 0 saturated heterocycles. The van der Waals surface area contributed by atoms with Crippen molar-refractivity contribution < 1.29 is 4.39 Å². The third kappa shape index (κ3) is 3.73. The second kappa shape index (κ2) is 4.94. The number of aromatic nitrogens is 1. The highest BCUT2D eigenvalue weighted by atomic mass is 19.1. The fourth-order valence-electron chi connectivity index (χ4n) is 1.54. The smallest absolute Gasteiger partial charge is 0.143 e. The molecule has 0 aromatic carbocycles. The van der Waals surface area contributed by atoms with Gasteiger partial charge >= 0.3 is 0 Å². The molecule has 1 aromatic heterocycles. The Morgan fingerprint density at radius 3 is 2.64 bits per heavy atom. The van der Waals surface area contributed by atoms with Crippen molar-refractivity contribution in [3.63, 3.8) is 0 Å².